The second-order valence-corrected chi connectivity index (χ2v) is 7.06. The number of halogens is 1. The molecule has 1 aromatic carbocycles. The zero-order chi connectivity index (χ0) is 17.7. The number of carbonyl (C=O) groups excluding carboxylic acids is 2. The Hall–Kier alpha value is -2.11. The van der Waals surface area contributed by atoms with Crippen molar-refractivity contribution in [2.75, 3.05) is 13.1 Å². The van der Waals surface area contributed by atoms with Crippen LogP contribution in [0, 0.1) is 5.82 Å². The van der Waals surface area contributed by atoms with Crippen LogP contribution in [0.1, 0.15) is 39.2 Å². The molecular formula is C18H25FN2O3. The topological polar surface area (TPSA) is 58.6 Å². The maximum atomic E-state index is 13.1. The highest BCUT2D eigenvalue weighted by molar-refractivity contribution is 5.86. The zero-order valence-electron chi connectivity index (χ0n) is 14.5. The van der Waals surface area contributed by atoms with Crippen LogP contribution in [-0.4, -0.2) is 41.6 Å². The predicted molar refractivity (Wildman–Crippen MR) is 89.1 cm³/mol. The van der Waals surface area contributed by atoms with E-state index in [1.807, 2.05) is 0 Å². The first-order valence-corrected chi connectivity index (χ1v) is 8.27. The Morgan fingerprint density at radius 2 is 1.79 bits per heavy atom. The number of nitrogens with one attached hydrogen (secondary N) is 1. The van der Waals surface area contributed by atoms with Gasteiger partial charge in [0.15, 0.2) is 0 Å². The Morgan fingerprint density at radius 3 is 2.33 bits per heavy atom. The summed E-state index contributed by atoms with van der Waals surface area (Å²) in [5.41, 5.74) is 0.145. The van der Waals surface area contributed by atoms with Gasteiger partial charge < -0.3 is 15.0 Å². The summed E-state index contributed by atoms with van der Waals surface area (Å²) in [6.07, 6.45) is 1.62. The molecule has 2 rings (SSSR count). The minimum absolute atomic E-state index is 0.123. The van der Waals surface area contributed by atoms with E-state index in [9.17, 15) is 14.0 Å². The Bertz CT molecular complexity index is 575. The number of hydrogen-bond donors (Lipinski definition) is 1. The van der Waals surface area contributed by atoms with Crippen molar-refractivity contribution in [3.63, 3.8) is 0 Å². The summed E-state index contributed by atoms with van der Waals surface area (Å²) >= 11 is 0. The number of ether oxygens (including phenoxy) is 1. The molecule has 1 heterocycles. The van der Waals surface area contributed by atoms with E-state index in [2.05, 4.69) is 5.32 Å². The molecule has 1 aliphatic heterocycles. The number of alkyl carbamates (subject to hydrolysis) is 1. The summed E-state index contributed by atoms with van der Waals surface area (Å²) in [6, 6.07) is 5.22. The quantitative estimate of drug-likeness (QED) is 0.920. The van der Waals surface area contributed by atoms with Gasteiger partial charge in [0.1, 0.15) is 17.5 Å². The highest BCUT2D eigenvalue weighted by Gasteiger charge is 2.29. The van der Waals surface area contributed by atoms with Crippen LogP contribution in [0.15, 0.2) is 24.3 Å². The van der Waals surface area contributed by atoms with E-state index in [1.165, 1.54) is 12.1 Å². The average molecular weight is 336 g/mol. The standard InChI is InChI=1S/C18H25FN2O3/c1-18(2,3)24-17(23)20-15(16(22)21-10-4-5-11-21)12-13-6-8-14(19)9-7-13/h6-9,15H,4-5,10-12H2,1-3H3,(H,20,23). The van der Waals surface area contributed by atoms with E-state index in [4.69, 9.17) is 4.74 Å². The van der Waals surface area contributed by atoms with Crippen LogP contribution in [-0.2, 0) is 16.0 Å². The molecule has 1 fully saturated rings. The summed E-state index contributed by atoms with van der Waals surface area (Å²) in [7, 11) is 0. The molecule has 132 valence electrons. The summed E-state index contributed by atoms with van der Waals surface area (Å²) in [6.45, 7) is 6.71. The Labute approximate surface area is 142 Å². The number of carbonyl (C=O) groups is 2. The maximum absolute atomic E-state index is 13.1. The fourth-order valence-corrected chi connectivity index (χ4v) is 2.66. The van der Waals surface area contributed by atoms with E-state index in [0.717, 1.165) is 18.4 Å². The Balaban J connectivity index is 2.09. The number of benzene rings is 1. The van der Waals surface area contributed by atoms with Gasteiger partial charge in [0.05, 0.1) is 0 Å². The van der Waals surface area contributed by atoms with E-state index in [1.54, 1.807) is 37.8 Å². The van der Waals surface area contributed by atoms with Crippen LogP contribution < -0.4 is 5.32 Å². The van der Waals surface area contributed by atoms with Gasteiger partial charge in [-0.2, -0.15) is 0 Å². The van der Waals surface area contributed by atoms with Crippen molar-refractivity contribution in [2.45, 2.75) is 51.7 Å². The van der Waals surface area contributed by atoms with Gasteiger partial charge in [0, 0.05) is 19.5 Å². The summed E-state index contributed by atoms with van der Waals surface area (Å²) < 4.78 is 18.3. The maximum Gasteiger partial charge on any atom is 0.408 e. The van der Waals surface area contributed by atoms with Crippen molar-refractivity contribution >= 4 is 12.0 Å². The smallest absolute Gasteiger partial charge is 0.408 e. The largest absolute Gasteiger partial charge is 0.444 e. The molecule has 0 aromatic heterocycles. The van der Waals surface area contributed by atoms with Gasteiger partial charge >= 0.3 is 6.09 Å². The third-order valence-electron chi connectivity index (χ3n) is 3.76. The number of amides is 2. The summed E-state index contributed by atoms with van der Waals surface area (Å²) in [5.74, 6) is -0.455. The van der Waals surface area contributed by atoms with E-state index >= 15 is 0 Å². The highest BCUT2D eigenvalue weighted by Crippen LogP contribution is 2.14. The Morgan fingerprint density at radius 1 is 1.21 bits per heavy atom. The SMILES string of the molecule is CC(C)(C)OC(=O)NC(Cc1ccc(F)cc1)C(=O)N1CCCC1. The van der Waals surface area contributed by atoms with Crippen LogP contribution in [0.3, 0.4) is 0 Å². The molecular weight excluding hydrogens is 311 g/mol. The molecule has 1 N–H and O–H groups in total. The first-order valence-electron chi connectivity index (χ1n) is 8.27. The number of likely N-dealkylation sites (tertiary alicyclic amines) is 1. The lowest BCUT2D eigenvalue weighted by atomic mass is 10.0. The first kappa shape index (κ1) is 18.2. The third kappa shape index (κ3) is 5.51. The average Bonchev–Trinajstić information content (AvgIpc) is 3.00. The molecule has 1 atom stereocenters. The molecule has 5 nitrogen and oxygen atoms in total. The lowest BCUT2D eigenvalue weighted by Gasteiger charge is -2.26. The van der Waals surface area contributed by atoms with Gasteiger partial charge in [-0.3, -0.25) is 4.79 Å². The molecule has 1 unspecified atom stereocenters. The molecule has 1 aromatic rings. The van der Waals surface area contributed by atoms with Crippen molar-refractivity contribution < 1.29 is 18.7 Å². The molecule has 24 heavy (non-hydrogen) atoms. The molecule has 0 saturated carbocycles. The molecule has 0 aliphatic carbocycles. The van der Waals surface area contributed by atoms with Gasteiger partial charge in [-0.15, -0.1) is 0 Å². The fourth-order valence-electron chi connectivity index (χ4n) is 2.66. The number of rotatable bonds is 4. The van der Waals surface area contributed by atoms with Crippen LogP contribution in [0.2, 0.25) is 0 Å². The van der Waals surface area contributed by atoms with Gasteiger partial charge in [-0.05, 0) is 51.3 Å². The molecule has 6 heteroatoms. The lowest BCUT2D eigenvalue weighted by molar-refractivity contribution is -0.132. The fraction of sp³-hybridized carbons (Fsp3) is 0.556. The minimum Gasteiger partial charge on any atom is -0.444 e. The van der Waals surface area contributed by atoms with Crippen molar-refractivity contribution in [1.82, 2.24) is 10.2 Å². The summed E-state index contributed by atoms with van der Waals surface area (Å²) in [5, 5.41) is 2.67. The minimum atomic E-state index is -0.719. The van der Waals surface area contributed by atoms with Gasteiger partial charge in [-0.25, -0.2) is 9.18 Å². The van der Waals surface area contributed by atoms with E-state index < -0.39 is 17.7 Å². The molecule has 0 spiro atoms. The van der Waals surface area contributed by atoms with Crippen LogP contribution in [0.5, 0.6) is 0 Å². The molecule has 2 amide bonds. The lowest BCUT2D eigenvalue weighted by Crippen LogP contribution is -2.50. The van der Waals surface area contributed by atoms with Crippen LogP contribution in [0.4, 0.5) is 9.18 Å². The normalized spacial score (nSPS) is 15.9. The van der Waals surface area contributed by atoms with Crippen molar-refractivity contribution in [3.05, 3.63) is 35.6 Å². The van der Waals surface area contributed by atoms with Gasteiger partial charge in [0.25, 0.3) is 0 Å². The van der Waals surface area contributed by atoms with Crippen LogP contribution >= 0.6 is 0 Å². The number of nitrogens with zero attached hydrogens (tertiary/aromatic N) is 1. The highest BCUT2D eigenvalue weighted by atomic mass is 19.1. The monoisotopic (exact) mass is 336 g/mol. The van der Waals surface area contributed by atoms with Gasteiger partial charge in [-0.1, -0.05) is 12.1 Å². The number of hydrogen-bond acceptors (Lipinski definition) is 3. The van der Waals surface area contributed by atoms with Crippen molar-refractivity contribution in [3.8, 4) is 0 Å². The van der Waals surface area contributed by atoms with Crippen molar-refractivity contribution in [2.24, 2.45) is 0 Å². The Kier molecular flexibility index (Phi) is 5.80. The molecule has 1 saturated heterocycles. The first-order chi connectivity index (χ1) is 11.2. The van der Waals surface area contributed by atoms with E-state index in [-0.39, 0.29) is 11.7 Å². The van der Waals surface area contributed by atoms with Gasteiger partial charge in [0.2, 0.25) is 5.91 Å². The third-order valence-corrected chi connectivity index (χ3v) is 3.76. The second kappa shape index (κ2) is 7.64. The van der Waals surface area contributed by atoms with E-state index in [0.29, 0.717) is 19.5 Å². The molecule has 0 radical (unpaired) electrons. The second-order valence-electron chi connectivity index (χ2n) is 7.06. The predicted octanol–water partition coefficient (Wildman–Crippen LogP) is 2.88. The zero-order valence-corrected chi connectivity index (χ0v) is 14.5. The molecule has 0 bridgehead atoms. The van der Waals surface area contributed by atoms with Crippen molar-refractivity contribution in [1.29, 1.82) is 0 Å². The van der Waals surface area contributed by atoms with Crippen LogP contribution in [0.25, 0.3) is 0 Å². The summed E-state index contributed by atoms with van der Waals surface area (Å²) in [4.78, 5) is 26.5. The molecule has 1 aliphatic rings.